The maximum Gasteiger partial charge on any atom is 0.340 e. The lowest BCUT2D eigenvalue weighted by Gasteiger charge is -2.50. The van der Waals surface area contributed by atoms with Gasteiger partial charge in [0, 0.05) is 10.3 Å². The summed E-state index contributed by atoms with van der Waals surface area (Å²) in [5.41, 5.74) is 1.28. The highest BCUT2D eigenvalue weighted by Gasteiger charge is 2.68. The number of amides is 2. The standard InChI is InChI=1S/C27H27N7O4S/c1-26(2)19(20-29-30-31-34(20)23-15-12-8-9-13-16(15)25(37)38-23)32-22(36)18(24(32)39-26)33-21(35)17(28-27(33,3)4)14-10-6-5-7-11-14/h5-13,17-19,23-24,28H,1-4H3/t17?,18?,19?,23?,24-/m1/s1. The second-order valence-corrected chi connectivity index (χ2v) is 13.1. The fourth-order valence-corrected chi connectivity index (χ4v) is 8.04. The van der Waals surface area contributed by atoms with E-state index >= 15 is 0 Å². The van der Waals surface area contributed by atoms with E-state index in [2.05, 4.69) is 20.8 Å². The Morgan fingerprint density at radius 1 is 0.949 bits per heavy atom. The van der Waals surface area contributed by atoms with Crippen molar-refractivity contribution in [2.24, 2.45) is 0 Å². The number of carbonyl (C=O) groups excluding carboxylic acids is 3. The number of hydrogen-bond donors (Lipinski definition) is 1. The summed E-state index contributed by atoms with van der Waals surface area (Å²) < 4.78 is 6.67. The number of benzene rings is 2. The highest BCUT2D eigenvalue weighted by Crippen LogP contribution is 2.59. The maximum atomic E-state index is 13.9. The van der Waals surface area contributed by atoms with Gasteiger partial charge in [0.15, 0.2) is 5.82 Å². The Morgan fingerprint density at radius 2 is 1.67 bits per heavy atom. The van der Waals surface area contributed by atoms with E-state index in [0.29, 0.717) is 17.0 Å². The lowest BCUT2D eigenvalue weighted by molar-refractivity contribution is -0.165. The van der Waals surface area contributed by atoms with Crippen LogP contribution in [0.25, 0.3) is 0 Å². The average Bonchev–Trinajstić information content (AvgIpc) is 3.63. The molecule has 7 rings (SSSR count). The first-order valence-electron chi connectivity index (χ1n) is 12.8. The van der Waals surface area contributed by atoms with Crippen LogP contribution in [0.4, 0.5) is 0 Å². The zero-order valence-corrected chi connectivity index (χ0v) is 22.6. The number of β-lactam (4-membered cyclic amide) rings is 1. The van der Waals surface area contributed by atoms with Gasteiger partial charge in [-0.05, 0) is 49.8 Å². The van der Waals surface area contributed by atoms with Crippen molar-refractivity contribution in [3.8, 4) is 0 Å². The first kappa shape index (κ1) is 24.3. The van der Waals surface area contributed by atoms with Crippen LogP contribution in [0.1, 0.15) is 73.3 Å². The predicted octanol–water partition coefficient (Wildman–Crippen LogP) is 2.40. The second kappa shape index (κ2) is 8.12. The van der Waals surface area contributed by atoms with Crippen molar-refractivity contribution in [3.05, 3.63) is 77.1 Å². The monoisotopic (exact) mass is 545 g/mol. The number of aromatic nitrogens is 4. The van der Waals surface area contributed by atoms with Gasteiger partial charge in [0.25, 0.3) is 0 Å². The molecule has 12 heteroatoms. The molecule has 0 aliphatic carbocycles. The smallest absolute Gasteiger partial charge is 0.340 e. The Kier molecular flexibility index (Phi) is 5.06. The number of ether oxygens (including phenoxy) is 1. The molecule has 0 bridgehead atoms. The Labute approximate surface area is 228 Å². The molecule has 11 nitrogen and oxygen atoms in total. The maximum absolute atomic E-state index is 13.9. The van der Waals surface area contributed by atoms with Crippen LogP contribution in [-0.4, -0.2) is 69.6 Å². The normalized spacial score (nSPS) is 30.3. The van der Waals surface area contributed by atoms with E-state index in [1.165, 1.54) is 4.68 Å². The summed E-state index contributed by atoms with van der Waals surface area (Å²) in [7, 11) is 0. The van der Waals surface area contributed by atoms with Crippen LogP contribution < -0.4 is 5.32 Å². The topological polar surface area (TPSA) is 123 Å². The Balaban J connectivity index is 1.21. The molecule has 3 saturated heterocycles. The molecule has 200 valence electrons. The molecule has 0 saturated carbocycles. The number of cyclic esters (lactones) is 1. The third-order valence-corrected chi connectivity index (χ3v) is 9.62. The number of thioether (sulfide) groups is 1. The number of nitrogens with one attached hydrogen (secondary N) is 1. The van der Waals surface area contributed by atoms with Crippen LogP contribution in [0.3, 0.4) is 0 Å². The molecule has 4 aliphatic heterocycles. The van der Waals surface area contributed by atoms with E-state index < -0.39 is 40.7 Å². The quantitative estimate of drug-likeness (QED) is 0.389. The second-order valence-electron chi connectivity index (χ2n) is 11.3. The molecule has 4 unspecified atom stereocenters. The predicted molar refractivity (Wildman–Crippen MR) is 140 cm³/mol. The first-order chi connectivity index (χ1) is 18.6. The summed E-state index contributed by atoms with van der Waals surface area (Å²) in [4.78, 5) is 43.6. The van der Waals surface area contributed by atoms with Gasteiger partial charge in [0.1, 0.15) is 23.5 Å². The molecule has 4 aliphatic rings. The first-order valence-corrected chi connectivity index (χ1v) is 13.7. The molecule has 5 atom stereocenters. The fraction of sp³-hybridized carbons (Fsp3) is 0.407. The van der Waals surface area contributed by atoms with Gasteiger partial charge in [0.05, 0.1) is 11.2 Å². The molecule has 1 aromatic heterocycles. The molecule has 0 spiro atoms. The van der Waals surface area contributed by atoms with Gasteiger partial charge in [-0.3, -0.25) is 14.9 Å². The van der Waals surface area contributed by atoms with E-state index in [1.807, 2.05) is 70.2 Å². The number of nitrogens with zero attached hydrogens (tertiary/aromatic N) is 6. The third kappa shape index (κ3) is 3.34. The van der Waals surface area contributed by atoms with Gasteiger partial charge >= 0.3 is 5.97 Å². The van der Waals surface area contributed by atoms with Gasteiger partial charge in [-0.25, -0.2) is 4.79 Å². The summed E-state index contributed by atoms with van der Waals surface area (Å²) in [6, 6.07) is 15.0. The summed E-state index contributed by atoms with van der Waals surface area (Å²) in [6.45, 7) is 7.94. The van der Waals surface area contributed by atoms with Crippen LogP contribution in [0.15, 0.2) is 54.6 Å². The zero-order chi connectivity index (χ0) is 27.3. The molecule has 3 fully saturated rings. The average molecular weight is 546 g/mol. The number of carbonyl (C=O) groups is 3. The van der Waals surface area contributed by atoms with Gasteiger partial charge in [-0.1, -0.05) is 48.5 Å². The van der Waals surface area contributed by atoms with Crippen LogP contribution in [0.2, 0.25) is 0 Å². The van der Waals surface area contributed by atoms with Crippen LogP contribution in [0.5, 0.6) is 0 Å². The Bertz CT molecular complexity index is 1520. The van der Waals surface area contributed by atoms with Crippen molar-refractivity contribution in [2.45, 2.75) is 67.8 Å². The number of hydrogen-bond acceptors (Lipinski definition) is 9. The Hall–Kier alpha value is -3.77. The van der Waals surface area contributed by atoms with Crippen molar-refractivity contribution in [1.29, 1.82) is 0 Å². The van der Waals surface area contributed by atoms with E-state index in [4.69, 9.17) is 4.74 Å². The lowest BCUT2D eigenvalue weighted by atomic mass is 9.93. The summed E-state index contributed by atoms with van der Waals surface area (Å²) in [5.74, 6) is -0.280. The van der Waals surface area contributed by atoms with E-state index in [1.54, 1.807) is 33.7 Å². The number of rotatable bonds is 4. The highest BCUT2D eigenvalue weighted by molar-refractivity contribution is 8.01. The van der Waals surface area contributed by atoms with Gasteiger partial charge in [-0.2, -0.15) is 4.68 Å². The van der Waals surface area contributed by atoms with Gasteiger partial charge in [-0.15, -0.1) is 16.9 Å². The molecular weight excluding hydrogens is 518 g/mol. The molecule has 2 aromatic carbocycles. The SMILES string of the molecule is CC1(C)S[C@@H]2C(N3C(=O)C(c4ccccc4)NC3(C)C)C(=O)N2C1c1nnnn1C1OC(=O)c2ccccc21. The largest absolute Gasteiger partial charge is 0.431 e. The van der Waals surface area contributed by atoms with E-state index in [-0.39, 0.29) is 17.2 Å². The minimum atomic E-state index is -0.819. The van der Waals surface area contributed by atoms with E-state index in [0.717, 1.165) is 5.56 Å². The lowest BCUT2D eigenvalue weighted by Crippen LogP contribution is -2.71. The zero-order valence-electron chi connectivity index (χ0n) is 21.8. The third-order valence-electron chi connectivity index (χ3n) is 8.06. The van der Waals surface area contributed by atoms with Gasteiger partial charge < -0.3 is 14.5 Å². The molecule has 0 radical (unpaired) electrons. The molecular formula is C27H27N7O4S. The van der Waals surface area contributed by atoms with Crippen molar-refractivity contribution >= 4 is 29.5 Å². The summed E-state index contributed by atoms with van der Waals surface area (Å²) in [5, 5.41) is 15.6. The molecule has 39 heavy (non-hydrogen) atoms. The van der Waals surface area contributed by atoms with Crippen molar-refractivity contribution in [3.63, 3.8) is 0 Å². The van der Waals surface area contributed by atoms with Crippen LogP contribution in [0, 0.1) is 0 Å². The molecule has 5 heterocycles. The number of fused-ring (bicyclic) bond motifs is 2. The molecule has 3 aromatic rings. The number of esters is 1. The van der Waals surface area contributed by atoms with E-state index in [9.17, 15) is 14.4 Å². The minimum absolute atomic E-state index is 0.120. The fourth-order valence-electron chi connectivity index (χ4n) is 6.36. The molecule has 1 N–H and O–H groups in total. The van der Waals surface area contributed by atoms with Crippen LogP contribution in [-0.2, 0) is 14.3 Å². The van der Waals surface area contributed by atoms with Crippen molar-refractivity contribution in [1.82, 2.24) is 35.3 Å². The highest BCUT2D eigenvalue weighted by atomic mass is 32.2. The minimum Gasteiger partial charge on any atom is -0.431 e. The summed E-state index contributed by atoms with van der Waals surface area (Å²) in [6.07, 6.45) is -0.819. The van der Waals surface area contributed by atoms with Crippen molar-refractivity contribution < 1.29 is 19.1 Å². The van der Waals surface area contributed by atoms with Crippen molar-refractivity contribution in [2.75, 3.05) is 0 Å². The van der Waals surface area contributed by atoms with Crippen LogP contribution >= 0.6 is 11.8 Å². The van der Waals surface area contributed by atoms with Gasteiger partial charge in [0.2, 0.25) is 18.0 Å². The number of tetrazole rings is 1. The molecule has 2 amide bonds. The Morgan fingerprint density at radius 3 is 2.44 bits per heavy atom. The summed E-state index contributed by atoms with van der Waals surface area (Å²) >= 11 is 1.63.